The smallest absolute Gasteiger partial charge is 0.462 e. The zero-order chi connectivity index (χ0) is 51.4. The van der Waals surface area contributed by atoms with Crippen molar-refractivity contribution in [3.8, 4) is 0 Å². The molecule has 402 valence electrons. The molecule has 1 fully saturated rings. The van der Waals surface area contributed by atoms with E-state index in [4.69, 9.17) is 18.5 Å². The Morgan fingerprint density at radius 3 is 1.32 bits per heavy atom. The predicted octanol–water partition coefficient (Wildman–Crippen LogP) is 9.40. The summed E-state index contributed by atoms with van der Waals surface area (Å²) in [6.07, 6.45) is 25.5. The Hall–Kier alpha value is -1.89. The summed E-state index contributed by atoms with van der Waals surface area (Å²) in [5, 5.41) is 31.9. The highest BCUT2D eigenvalue weighted by Crippen LogP contribution is 2.51. The van der Waals surface area contributed by atoms with E-state index >= 15 is 0 Å². The fraction of sp³-hybridized carbons (Fsp3) is 0.787. The van der Waals surface area contributed by atoms with Crippen molar-refractivity contribution >= 4 is 35.4 Å². The van der Waals surface area contributed by atoms with E-state index in [0.29, 0.717) is 19.3 Å². The predicted molar refractivity (Wildman–Crippen MR) is 261 cm³/mol. The van der Waals surface area contributed by atoms with Gasteiger partial charge in [0.2, 0.25) is 0 Å². The van der Waals surface area contributed by atoms with Crippen LogP contribution in [0.5, 0.6) is 0 Å². The minimum atomic E-state index is -5.61. The van der Waals surface area contributed by atoms with Gasteiger partial charge < -0.3 is 49.3 Å². The lowest BCUT2D eigenvalue weighted by molar-refractivity contribution is -0.213. The topological polar surface area (TPSA) is 303 Å². The van der Waals surface area contributed by atoms with Crippen LogP contribution in [-0.4, -0.2) is 108 Å². The standard InChI is InChI=1S/C47H85O19P3/c1-3-5-7-9-11-13-15-17-18-19-20-21-22-24-26-28-30-32-34-36-41(49)63-39(37-61-40(48)35-33-31-29-27-25-23-16-14-12-10-8-6-4-2)38-62-69(59,60)66-45-42(50)43(51)46(64-67(53,54)55)47(44(45)52)65-68(56,57)58/h11,13,17-18,20-21,24,26,39,42-47,50-52H,3-10,12,14-16,19,22-23,25,27-38H2,1-2H3,(H,59,60)(H2,53,54,55)(H2,56,57,58)/t39-,42?,43?,44?,45+,46?,47+/m1/s1. The molecule has 0 heterocycles. The van der Waals surface area contributed by atoms with Crippen LogP contribution in [0, 0.1) is 0 Å². The van der Waals surface area contributed by atoms with Crippen LogP contribution in [0.1, 0.15) is 181 Å². The second kappa shape index (κ2) is 38.7. The van der Waals surface area contributed by atoms with Crippen molar-refractivity contribution in [2.45, 2.75) is 224 Å². The molecule has 1 rings (SSSR count). The third-order valence-electron chi connectivity index (χ3n) is 11.1. The second-order valence-electron chi connectivity index (χ2n) is 17.4. The Morgan fingerprint density at radius 2 is 0.841 bits per heavy atom. The Bertz CT molecular complexity index is 1630. The highest BCUT2D eigenvalue weighted by Gasteiger charge is 2.56. The molecule has 0 aromatic heterocycles. The van der Waals surface area contributed by atoms with Gasteiger partial charge in [-0.1, -0.05) is 159 Å². The first-order valence-corrected chi connectivity index (χ1v) is 29.5. The second-order valence-corrected chi connectivity index (χ2v) is 21.2. The molecule has 0 bridgehead atoms. The highest BCUT2D eigenvalue weighted by atomic mass is 31.2. The summed E-state index contributed by atoms with van der Waals surface area (Å²) in [5.74, 6) is -1.33. The number of rotatable bonds is 42. The molecule has 1 aliphatic carbocycles. The van der Waals surface area contributed by atoms with E-state index in [1.165, 1.54) is 70.6 Å². The molecule has 0 spiro atoms. The number of allylic oxidation sites excluding steroid dienone is 8. The van der Waals surface area contributed by atoms with Gasteiger partial charge in [0.25, 0.3) is 0 Å². The van der Waals surface area contributed by atoms with E-state index in [2.05, 4.69) is 71.5 Å². The van der Waals surface area contributed by atoms with E-state index < -0.39 is 91.3 Å². The van der Waals surface area contributed by atoms with Gasteiger partial charge in [-0.05, 0) is 57.8 Å². The van der Waals surface area contributed by atoms with Gasteiger partial charge in [0.05, 0.1) is 6.61 Å². The number of phosphoric acid groups is 3. The largest absolute Gasteiger partial charge is 0.472 e. The lowest BCUT2D eigenvalue weighted by Gasteiger charge is -2.44. The molecule has 1 saturated carbocycles. The molecule has 8 atom stereocenters. The maximum absolute atomic E-state index is 13.1. The monoisotopic (exact) mass is 1050 g/mol. The summed E-state index contributed by atoms with van der Waals surface area (Å²) in [6, 6.07) is 0. The molecule has 0 aromatic carbocycles. The molecule has 0 aromatic rings. The van der Waals surface area contributed by atoms with Crippen LogP contribution in [0.2, 0.25) is 0 Å². The number of esters is 2. The van der Waals surface area contributed by atoms with Gasteiger partial charge in [-0.2, -0.15) is 0 Å². The minimum absolute atomic E-state index is 0.0392. The van der Waals surface area contributed by atoms with Crippen LogP contribution in [0.15, 0.2) is 48.6 Å². The Kier molecular flexibility index (Phi) is 36.5. The first kappa shape index (κ1) is 65.1. The average Bonchev–Trinajstić information content (AvgIpc) is 3.28. The van der Waals surface area contributed by atoms with Crippen molar-refractivity contribution in [2.24, 2.45) is 0 Å². The summed E-state index contributed by atoms with van der Waals surface area (Å²) in [6.45, 7) is 2.90. The maximum Gasteiger partial charge on any atom is 0.472 e. The van der Waals surface area contributed by atoms with E-state index in [1.807, 2.05) is 0 Å². The third kappa shape index (κ3) is 35.0. The molecular formula is C47H85O19P3. The Balaban J connectivity index is 2.73. The molecule has 0 amide bonds. The van der Waals surface area contributed by atoms with Crippen molar-refractivity contribution in [3.05, 3.63) is 48.6 Å². The highest BCUT2D eigenvalue weighted by molar-refractivity contribution is 7.47. The first-order chi connectivity index (χ1) is 32.8. The number of carbonyl (C=O) groups excluding carboxylic acids is 2. The average molecular weight is 1050 g/mol. The number of carbonyl (C=O) groups is 2. The van der Waals surface area contributed by atoms with Crippen molar-refractivity contribution in [2.75, 3.05) is 13.2 Å². The van der Waals surface area contributed by atoms with Gasteiger partial charge in [0.15, 0.2) is 6.10 Å². The zero-order valence-electron chi connectivity index (χ0n) is 40.9. The maximum atomic E-state index is 13.1. The van der Waals surface area contributed by atoms with Gasteiger partial charge in [0, 0.05) is 12.8 Å². The molecule has 0 aliphatic heterocycles. The van der Waals surface area contributed by atoms with Crippen LogP contribution >= 0.6 is 23.5 Å². The zero-order valence-corrected chi connectivity index (χ0v) is 43.6. The minimum Gasteiger partial charge on any atom is -0.462 e. The summed E-state index contributed by atoms with van der Waals surface area (Å²) in [4.78, 5) is 73.3. The first-order valence-electron chi connectivity index (χ1n) is 24.9. The van der Waals surface area contributed by atoms with Crippen LogP contribution < -0.4 is 0 Å². The van der Waals surface area contributed by atoms with Crippen molar-refractivity contribution in [1.29, 1.82) is 0 Å². The quantitative estimate of drug-likeness (QED) is 0.0122. The molecular weight excluding hydrogens is 961 g/mol. The van der Waals surface area contributed by atoms with Crippen LogP contribution in [0.4, 0.5) is 0 Å². The molecule has 69 heavy (non-hydrogen) atoms. The Labute approximate surface area is 410 Å². The summed E-state index contributed by atoms with van der Waals surface area (Å²) >= 11 is 0. The van der Waals surface area contributed by atoms with E-state index in [1.54, 1.807) is 0 Å². The van der Waals surface area contributed by atoms with Gasteiger partial charge in [0.1, 0.15) is 43.2 Å². The molecule has 0 radical (unpaired) electrons. The number of aliphatic hydroxyl groups excluding tert-OH is 3. The number of aliphatic hydroxyl groups is 3. The van der Waals surface area contributed by atoms with Gasteiger partial charge in [-0.3, -0.25) is 27.7 Å². The summed E-state index contributed by atoms with van der Waals surface area (Å²) in [5.41, 5.74) is 0. The molecule has 22 heteroatoms. The van der Waals surface area contributed by atoms with E-state index in [0.717, 1.165) is 64.2 Å². The number of phosphoric ester groups is 3. The Morgan fingerprint density at radius 1 is 0.464 bits per heavy atom. The van der Waals surface area contributed by atoms with Crippen LogP contribution in [0.3, 0.4) is 0 Å². The van der Waals surface area contributed by atoms with E-state index in [9.17, 15) is 63.1 Å². The lowest BCUT2D eigenvalue weighted by atomic mass is 9.85. The van der Waals surface area contributed by atoms with Crippen LogP contribution in [0.25, 0.3) is 0 Å². The summed E-state index contributed by atoms with van der Waals surface area (Å²) in [7, 11) is -16.6. The summed E-state index contributed by atoms with van der Waals surface area (Å²) < 4.78 is 65.5. The number of hydrogen-bond donors (Lipinski definition) is 8. The number of unbranched alkanes of at least 4 members (excludes halogenated alkanes) is 18. The van der Waals surface area contributed by atoms with E-state index in [-0.39, 0.29) is 12.8 Å². The fourth-order valence-corrected chi connectivity index (χ4v) is 9.49. The number of ether oxygens (including phenoxy) is 2. The van der Waals surface area contributed by atoms with Crippen LogP contribution in [-0.2, 0) is 50.9 Å². The van der Waals surface area contributed by atoms with Gasteiger partial charge in [-0.25, -0.2) is 13.7 Å². The molecule has 1 aliphatic rings. The number of hydrogen-bond acceptors (Lipinski definition) is 14. The molecule has 8 N–H and O–H groups in total. The third-order valence-corrected chi connectivity index (χ3v) is 13.2. The van der Waals surface area contributed by atoms with Gasteiger partial charge in [-0.15, -0.1) is 0 Å². The lowest BCUT2D eigenvalue weighted by Crippen LogP contribution is -2.65. The molecule has 0 saturated heterocycles. The van der Waals surface area contributed by atoms with Crippen molar-refractivity contribution in [1.82, 2.24) is 0 Å². The van der Waals surface area contributed by atoms with Crippen molar-refractivity contribution < 1.29 is 90.6 Å². The molecule has 19 nitrogen and oxygen atoms in total. The SMILES string of the molecule is CCCCCC=CCC=CCC=CCC=CCCCCCC(=O)O[C@H](COC(=O)CCCCCCCCCCCCCCC)COP(=O)(O)O[C@H]1C(O)C(O)C(OP(=O)(O)O)[C@@H](OP(=O)(O)O)C1O. The normalized spacial score (nSPS) is 21.7. The van der Waals surface area contributed by atoms with Gasteiger partial charge >= 0.3 is 35.4 Å². The van der Waals surface area contributed by atoms with Crippen molar-refractivity contribution in [3.63, 3.8) is 0 Å². The molecule has 5 unspecified atom stereocenters. The fourth-order valence-electron chi connectivity index (χ4n) is 7.39.